The van der Waals surface area contributed by atoms with Crippen LogP contribution in [0.25, 0.3) is 0 Å². The highest BCUT2D eigenvalue weighted by Crippen LogP contribution is 2.22. The van der Waals surface area contributed by atoms with Gasteiger partial charge in [0.15, 0.2) is 0 Å². The Morgan fingerprint density at radius 1 is 1.29 bits per heavy atom. The maximum atomic E-state index is 12.7. The zero-order chi connectivity index (χ0) is 13.1. The van der Waals surface area contributed by atoms with E-state index in [0.29, 0.717) is 5.56 Å². The molecule has 0 amide bonds. The molecule has 0 saturated heterocycles. The highest BCUT2D eigenvalue weighted by Gasteiger charge is 2.39. The van der Waals surface area contributed by atoms with Gasteiger partial charge in [0.05, 0.1) is 11.6 Å². The maximum Gasteiger partial charge on any atom is 0.319 e. The quantitative estimate of drug-likeness (QED) is 0.810. The lowest BCUT2D eigenvalue weighted by molar-refractivity contribution is -0.125. The lowest BCUT2D eigenvalue weighted by Crippen LogP contribution is -2.38. The van der Waals surface area contributed by atoms with Gasteiger partial charge < -0.3 is 5.32 Å². The Kier molecular flexibility index (Phi) is 4.70. The van der Waals surface area contributed by atoms with Gasteiger partial charge in [-0.3, -0.25) is 0 Å². The van der Waals surface area contributed by atoms with Crippen LogP contribution < -0.4 is 5.32 Å². The fourth-order valence-corrected chi connectivity index (χ4v) is 1.30. The van der Waals surface area contributed by atoms with Gasteiger partial charge in [-0.05, 0) is 17.7 Å². The molecule has 1 nitrogen and oxygen atoms in total. The first kappa shape index (κ1) is 14.2. The second-order valence-corrected chi connectivity index (χ2v) is 3.82. The Labute approximate surface area is 99.6 Å². The first-order valence-corrected chi connectivity index (χ1v) is 5.01. The standard InChI is InChI=1S/C10H9ClF5N/c11-7-3-6(1-2-8(7)12)4-17-5-10(15,16)9(13)14/h1-3,9,17H,4-5H2. The molecule has 0 bridgehead atoms. The van der Waals surface area contributed by atoms with Crippen LogP contribution in [0.3, 0.4) is 0 Å². The van der Waals surface area contributed by atoms with E-state index in [9.17, 15) is 22.0 Å². The molecule has 1 aromatic carbocycles. The lowest BCUT2D eigenvalue weighted by Gasteiger charge is -2.15. The van der Waals surface area contributed by atoms with Crippen LogP contribution >= 0.6 is 11.6 Å². The number of hydrogen-bond acceptors (Lipinski definition) is 1. The van der Waals surface area contributed by atoms with Crippen molar-refractivity contribution in [3.63, 3.8) is 0 Å². The van der Waals surface area contributed by atoms with Gasteiger partial charge in [0.25, 0.3) is 0 Å². The highest BCUT2D eigenvalue weighted by atomic mass is 35.5. The van der Waals surface area contributed by atoms with E-state index in [2.05, 4.69) is 5.32 Å². The molecule has 0 aromatic heterocycles. The second kappa shape index (κ2) is 5.64. The summed E-state index contributed by atoms with van der Waals surface area (Å²) >= 11 is 5.46. The molecule has 0 aliphatic rings. The third-order valence-electron chi connectivity index (χ3n) is 1.99. The van der Waals surface area contributed by atoms with Gasteiger partial charge in [-0.2, -0.15) is 8.78 Å². The molecular formula is C10H9ClF5N. The van der Waals surface area contributed by atoms with Crippen molar-refractivity contribution in [1.82, 2.24) is 5.32 Å². The Morgan fingerprint density at radius 3 is 2.47 bits per heavy atom. The van der Waals surface area contributed by atoms with Crippen LogP contribution in [0.2, 0.25) is 5.02 Å². The fourth-order valence-electron chi connectivity index (χ4n) is 1.10. The Hall–Kier alpha value is -0.880. The summed E-state index contributed by atoms with van der Waals surface area (Å²) < 4.78 is 61.3. The Bertz CT molecular complexity index is 383. The monoisotopic (exact) mass is 273 g/mol. The zero-order valence-corrected chi connectivity index (χ0v) is 9.25. The lowest BCUT2D eigenvalue weighted by atomic mass is 10.2. The number of hydrogen-bond donors (Lipinski definition) is 1. The molecule has 1 aromatic rings. The second-order valence-electron chi connectivity index (χ2n) is 3.41. The van der Waals surface area contributed by atoms with Gasteiger partial charge in [-0.1, -0.05) is 17.7 Å². The van der Waals surface area contributed by atoms with Crippen molar-refractivity contribution in [3.8, 4) is 0 Å². The zero-order valence-electron chi connectivity index (χ0n) is 8.49. The third kappa shape index (κ3) is 4.12. The summed E-state index contributed by atoms with van der Waals surface area (Å²) in [7, 11) is 0. The largest absolute Gasteiger partial charge is 0.319 e. The predicted molar refractivity (Wildman–Crippen MR) is 54.1 cm³/mol. The van der Waals surface area contributed by atoms with Crippen LogP contribution in [0.15, 0.2) is 18.2 Å². The van der Waals surface area contributed by atoms with Crippen molar-refractivity contribution in [2.45, 2.75) is 18.9 Å². The van der Waals surface area contributed by atoms with Crippen LogP contribution in [-0.2, 0) is 6.54 Å². The van der Waals surface area contributed by atoms with Crippen molar-refractivity contribution in [3.05, 3.63) is 34.6 Å². The third-order valence-corrected chi connectivity index (χ3v) is 2.28. The van der Waals surface area contributed by atoms with Crippen molar-refractivity contribution in [1.29, 1.82) is 0 Å². The van der Waals surface area contributed by atoms with E-state index in [1.165, 1.54) is 12.1 Å². The summed E-state index contributed by atoms with van der Waals surface area (Å²) in [5.41, 5.74) is 0.432. The van der Waals surface area contributed by atoms with Gasteiger partial charge in [-0.15, -0.1) is 0 Å². The number of halogens is 6. The first-order valence-electron chi connectivity index (χ1n) is 4.63. The molecule has 17 heavy (non-hydrogen) atoms. The molecule has 96 valence electrons. The van der Waals surface area contributed by atoms with Crippen molar-refractivity contribution < 1.29 is 22.0 Å². The van der Waals surface area contributed by atoms with E-state index >= 15 is 0 Å². The van der Waals surface area contributed by atoms with E-state index in [-0.39, 0.29) is 11.6 Å². The van der Waals surface area contributed by atoms with Gasteiger partial charge in [0.2, 0.25) is 0 Å². The molecule has 7 heteroatoms. The van der Waals surface area contributed by atoms with Crippen molar-refractivity contribution in [2.75, 3.05) is 6.54 Å². The molecule has 0 spiro atoms. The van der Waals surface area contributed by atoms with E-state index in [1.807, 2.05) is 0 Å². The van der Waals surface area contributed by atoms with Crippen molar-refractivity contribution >= 4 is 11.6 Å². The first-order chi connectivity index (χ1) is 7.83. The molecular weight excluding hydrogens is 265 g/mol. The van der Waals surface area contributed by atoms with Gasteiger partial charge in [-0.25, -0.2) is 13.2 Å². The summed E-state index contributed by atoms with van der Waals surface area (Å²) in [5.74, 6) is -4.71. The Morgan fingerprint density at radius 2 is 1.94 bits per heavy atom. The summed E-state index contributed by atoms with van der Waals surface area (Å²) in [6, 6.07) is 3.64. The normalized spacial score (nSPS) is 12.2. The van der Waals surface area contributed by atoms with E-state index in [4.69, 9.17) is 11.6 Å². The average molecular weight is 274 g/mol. The minimum Gasteiger partial charge on any atom is -0.307 e. The number of benzene rings is 1. The van der Waals surface area contributed by atoms with Gasteiger partial charge in [0.1, 0.15) is 5.82 Å². The molecule has 0 aliphatic heterocycles. The summed E-state index contributed by atoms with van der Waals surface area (Å²) in [6.07, 6.45) is -3.72. The molecule has 0 heterocycles. The predicted octanol–water partition coefficient (Wildman–Crippen LogP) is 3.47. The molecule has 1 N–H and O–H groups in total. The van der Waals surface area contributed by atoms with E-state index < -0.39 is 24.7 Å². The van der Waals surface area contributed by atoms with E-state index in [0.717, 1.165) is 6.07 Å². The SMILES string of the molecule is Fc1ccc(CNCC(F)(F)C(F)F)cc1Cl. The molecule has 0 fully saturated rings. The number of alkyl halides is 4. The average Bonchev–Trinajstić information content (AvgIpc) is 2.23. The molecule has 1 rings (SSSR count). The summed E-state index contributed by atoms with van der Waals surface area (Å²) in [5, 5.41) is 2.01. The topological polar surface area (TPSA) is 12.0 Å². The molecule has 0 atom stereocenters. The molecule has 0 saturated carbocycles. The minimum absolute atomic E-state index is 0.0949. The molecule has 0 aliphatic carbocycles. The smallest absolute Gasteiger partial charge is 0.307 e. The summed E-state index contributed by atoms with van der Waals surface area (Å²) in [6.45, 7) is -1.25. The van der Waals surface area contributed by atoms with E-state index in [1.54, 1.807) is 0 Å². The van der Waals surface area contributed by atoms with Crippen LogP contribution in [-0.4, -0.2) is 18.9 Å². The van der Waals surface area contributed by atoms with Crippen LogP contribution in [0.5, 0.6) is 0 Å². The van der Waals surface area contributed by atoms with Crippen LogP contribution in [0.4, 0.5) is 22.0 Å². The van der Waals surface area contributed by atoms with Crippen molar-refractivity contribution in [2.24, 2.45) is 0 Å². The maximum absolute atomic E-state index is 12.7. The molecule has 0 unspecified atom stereocenters. The number of rotatable bonds is 5. The fraction of sp³-hybridized carbons (Fsp3) is 0.400. The number of nitrogens with one attached hydrogen (secondary N) is 1. The highest BCUT2D eigenvalue weighted by molar-refractivity contribution is 6.30. The summed E-state index contributed by atoms with van der Waals surface area (Å²) in [4.78, 5) is 0. The van der Waals surface area contributed by atoms with Gasteiger partial charge >= 0.3 is 12.3 Å². The van der Waals surface area contributed by atoms with Crippen LogP contribution in [0, 0.1) is 5.82 Å². The molecule has 0 radical (unpaired) electrons. The Balaban J connectivity index is 2.49. The minimum atomic E-state index is -4.08. The van der Waals surface area contributed by atoms with Crippen LogP contribution in [0.1, 0.15) is 5.56 Å². The van der Waals surface area contributed by atoms with Gasteiger partial charge in [0, 0.05) is 6.54 Å².